The fourth-order valence-electron chi connectivity index (χ4n) is 5.08. The highest BCUT2D eigenvalue weighted by Crippen LogP contribution is 2.31. The molecule has 268 valence electrons. The number of carboxylic acid groups (broad SMARTS) is 1. The lowest BCUT2D eigenvalue weighted by Gasteiger charge is -2.46. The number of rotatable bonds is 16. The van der Waals surface area contributed by atoms with Gasteiger partial charge in [-0.05, 0) is 12.8 Å². The summed E-state index contributed by atoms with van der Waals surface area (Å²) in [6.07, 6.45) is -24.4. The Hall–Kier alpha value is -1.70. The minimum atomic E-state index is -1.89. The number of carbonyl (C=O) groups is 2. The van der Waals surface area contributed by atoms with Gasteiger partial charge in [0.1, 0.15) is 73.2 Å². The van der Waals surface area contributed by atoms with Crippen LogP contribution in [0.25, 0.3) is 0 Å². The molecule has 0 spiro atoms. The van der Waals surface area contributed by atoms with Crippen LogP contribution in [0.4, 0.5) is 0 Å². The Bertz CT molecular complexity index is 943. The van der Waals surface area contributed by atoms with Crippen molar-refractivity contribution < 1.29 is 94.2 Å². The first-order valence-electron chi connectivity index (χ1n) is 14.8. The van der Waals surface area contributed by atoms with Gasteiger partial charge in [-0.15, -0.1) is 0 Å². The number of amides is 1. The molecule has 15 atom stereocenters. The van der Waals surface area contributed by atoms with Crippen LogP contribution < -0.4 is 5.32 Å². The van der Waals surface area contributed by atoms with E-state index in [0.717, 1.165) is 0 Å². The molecule has 0 radical (unpaired) electrons. The Morgan fingerprint density at radius 3 is 1.72 bits per heavy atom. The summed E-state index contributed by atoms with van der Waals surface area (Å²) in [4.78, 5) is 22.6. The van der Waals surface area contributed by atoms with Crippen LogP contribution in [0.15, 0.2) is 0 Å². The van der Waals surface area contributed by atoms with Crippen molar-refractivity contribution in [1.29, 1.82) is 0 Å². The van der Waals surface area contributed by atoms with Gasteiger partial charge in [-0.3, -0.25) is 9.59 Å². The molecule has 0 bridgehead atoms. The minimum absolute atomic E-state index is 0.0639. The Balaban J connectivity index is 1.67. The molecule has 1 amide bonds. The molecule has 0 aromatic rings. The highest BCUT2D eigenvalue weighted by atomic mass is 16.7. The van der Waals surface area contributed by atoms with Crippen LogP contribution in [0.1, 0.15) is 25.7 Å². The number of aliphatic hydroxyl groups is 10. The summed E-state index contributed by atoms with van der Waals surface area (Å²) in [5, 5.41) is 113. The summed E-state index contributed by atoms with van der Waals surface area (Å²) in [5.41, 5.74) is 0. The highest BCUT2D eigenvalue weighted by Gasteiger charge is 2.52. The molecular weight excluding hydrogens is 630 g/mol. The molecule has 0 unspecified atom stereocenters. The van der Waals surface area contributed by atoms with E-state index in [4.69, 9.17) is 33.5 Å². The van der Waals surface area contributed by atoms with E-state index >= 15 is 0 Å². The number of aliphatic carboxylic acids is 1. The molecule has 0 aromatic heterocycles. The van der Waals surface area contributed by atoms with Gasteiger partial charge >= 0.3 is 5.97 Å². The van der Waals surface area contributed by atoms with Gasteiger partial charge in [0.2, 0.25) is 5.91 Å². The topological polar surface area (TPSA) is 324 Å². The first-order chi connectivity index (χ1) is 21.8. The zero-order chi connectivity index (χ0) is 34.1. The van der Waals surface area contributed by atoms with Gasteiger partial charge in [-0.25, -0.2) is 0 Å². The summed E-state index contributed by atoms with van der Waals surface area (Å²) in [6, 6.07) is 0. The van der Waals surface area contributed by atoms with E-state index in [0.29, 0.717) is 12.8 Å². The number of nitrogens with one attached hydrogen (secondary N) is 1. The first-order valence-corrected chi connectivity index (χ1v) is 14.8. The fourth-order valence-corrected chi connectivity index (χ4v) is 5.08. The van der Waals surface area contributed by atoms with Gasteiger partial charge in [0.25, 0.3) is 0 Å². The maximum Gasteiger partial charge on any atom is 0.303 e. The number of carboxylic acids is 1. The summed E-state index contributed by atoms with van der Waals surface area (Å²) in [5.74, 6) is -1.36. The monoisotopic (exact) mass is 675 g/mol. The van der Waals surface area contributed by atoms with E-state index in [-0.39, 0.29) is 31.9 Å². The van der Waals surface area contributed by atoms with E-state index < -0.39 is 118 Å². The van der Waals surface area contributed by atoms with Gasteiger partial charge in [0, 0.05) is 19.4 Å². The summed E-state index contributed by atoms with van der Waals surface area (Å²) < 4.78 is 32.9. The van der Waals surface area contributed by atoms with Gasteiger partial charge < -0.3 is 89.9 Å². The Morgan fingerprint density at radius 2 is 1.13 bits per heavy atom. The summed E-state index contributed by atoms with van der Waals surface area (Å²) in [7, 11) is 0. The average molecular weight is 676 g/mol. The highest BCUT2D eigenvalue weighted by molar-refractivity contribution is 5.75. The van der Waals surface area contributed by atoms with Crippen LogP contribution in [-0.4, -0.2) is 193 Å². The van der Waals surface area contributed by atoms with Crippen molar-refractivity contribution in [2.75, 3.05) is 33.0 Å². The van der Waals surface area contributed by atoms with Crippen LogP contribution >= 0.6 is 0 Å². The average Bonchev–Trinajstić information content (AvgIpc) is 3.03. The first kappa shape index (κ1) is 38.7. The number of hydrogen-bond donors (Lipinski definition) is 12. The number of carbonyl (C=O) groups excluding carboxylic acids is 1. The van der Waals surface area contributed by atoms with Crippen LogP contribution in [-0.2, 0) is 38.0 Å². The molecule has 3 saturated heterocycles. The van der Waals surface area contributed by atoms with Crippen LogP contribution in [0.3, 0.4) is 0 Å². The van der Waals surface area contributed by atoms with Crippen LogP contribution in [0, 0.1) is 0 Å². The second-order valence-corrected chi connectivity index (χ2v) is 11.2. The number of ether oxygens (including phenoxy) is 6. The van der Waals surface area contributed by atoms with E-state index in [2.05, 4.69) is 5.32 Å². The van der Waals surface area contributed by atoms with Gasteiger partial charge in [0.05, 0.1) is 26.4 Å². The standard InChI is InChI=1S/C26H45NO19/c28-7-10-15(33)18(36)20(38)24(43-10)42-9-12-17(35)23(46-26-21(39)19(37)16(34)11(8-29)44-26)22(40)25(45-12)41-6-5-27-13(30)3-1-2-4-14(31)32/h10-12,15-26,28-29,33-40H,1-9H2,(H,27,30)(H,31,32)/t10-,11-,12-,15-,16-,17-,18+,19+,20+,21+,22+,23+,24+,25+,26+/m1/s1. The smallest absolute Gasteiger partial charge is 0.303 e. The molecule has 3 aliphatic rings. The number of unbranched alkanes of at least 4 members (excludes halogenated alkanes) is 1. The van der Waals surface area contributed by atoms with Gasteiger partial charge in [0.15, 0.2) is 18.9 Å². The van der Waals surface area contributed by atoms with Gasteiger partial charge in [-0.2, -0.15) is 0 Å². The van der Waals surface area contributed by atoms with E-state index in [1.54, 1.807) is 0 Å². The molecule has 0 aromatic carbocycles. The molecule has 0 aliphatic carbocycles. The van der Waals surface area contributed by atoms with Crippen molar-refractivity contribution in [2.24, 2.45) is 0 Å². The zero-order valence-corrected chi connectivity index (χ0v) is 24.7. The van der Waals surface area contributed by atoms with Crippen molar-refractivity contribution in [2.45, 2.75) is 118 Å². The lowest BCUT2D eigenvalue weighted by atomic mass is 9.96. The molecule has 0 saturated carbocycles. The molecule has 20 nitrogen and oxygen atoms in total. The van der Waals surface area contributed by atoms with Crippen LogP contribution in [0.2, 0.25) is 0 Å². The van der Waals surface area contributed by atoms with Crippen molar-refractivity contribution in [1.82, 2.24) is 5.32 Å². The zero-order valence-electron chi connectivity index (χ0n) is 24.7. The maximum atomic E-state index is 12.0. The predicted octanol–water partition coefficient (Wildman–Crippen LogP) is -6.79. The molecular formula is C26H45NO19. The van der Waals surface area contributed by atoms with E-state index in [1.807, 2.05) is 0 Å². The second kappa shape index (κ2) is 18.2. The summed E-state index contributed by atoms with van der Waals surface area (Å²) in [6.45, 7) is -2.46. The second-order valence-electron chi connectivity index (χ2n) is 11.2. The lowest BCUT2D eigenvalue weighted by molar-refractivity contribution is -0.366. The lowest BCUT2D eigenvalue weighted by Crippen LogP contribution is -2.65. The molecule has 12 N–H and O–H groups in total. The Morgan fingerprint density at radius 1 is 0.609 bits per heavy atom. The van der Waals surface area contributed by atoms with E-state index in [9.17, 15) is 60.7 Å². The van der Waals surface area contributed by atoms with Crippen molar-refractivity contribution in [3.05, 3.63) is 0 Å². The third-order valence-corrected chi connectivity index (χ3v) is 7.81. The van der Waals surface area contributed by atoms with Crippen molar-refractivity contribution >= 4 is 11.9 Å². The third-order valence-electron chi connectivity index (χ3n) is 7.81. The SMILES string of the molecule is O=C(O)CCCCC(=O)NCCO[C@H]1O[C@H](CO[C@H]2O[C@H](CO)[C@@H](O)[C@H](O)[C@@H]2O)[C@@H](O)[C@H](O[C@@H]2O[C@H](CO)[C@@H](O)[C@H](O)[C@@H]2O)[C@@H]1O. The molecule has 46 heavy (non-hydrogen) atoms. The molecule has 3 rings (SSSR count). The Labute approximate surface area is 262 Å². The minimum Gasteiger partial charge on any atom is -0.481 e. The van der Waals surface area contributed by atoms with Crippen LogP contribution in [0.5, 0.6) is 0 Å². The molecule has 3 heterocycles. The molecule has 3 fully saturated rings. The normalized spacial score (nSPS) is 41.7. The summed E-state index contributed by atoms with van der Waals surface area (Å²) >= 11 is 0. The molecule has 3 aliphatic heterocycles. The predicted molar refractivity (Wildman–Crippen MR) is 144 cm³/mol. The third kappa shape index (κ3) is 9.92. The van der Waals surface area contributed by atoms with E-state index in [1.165, 1.54) is 0 Å². The largest absolute Gasteiger partial charge is 0.481 e. The fraction of sp³-hybridized carbons (Fsp3) is 0.923. The van der Waals surface area contributed by atoms with Crippen molar-refractivity contribution in [3.63, 3.8) is 0 Å². The maximum absolute atomic E-state index is 12.0. The molecule has 20 heteroatoms. The quantitative estimate of drug-likeness (QED) is 0.0676. The Kier molecular flexibility index (Phi) is 15.3. The van der Waals surface area contributed by atoms with Gasteiger partial charge in [-0.1, -0.05) is 0 Å². The number of aliphatic hydroxyl groups excluding tert-OH is 10. The van der Waals surface area contributed by atoms with Crippen molar-refractivity contribution in [3.8, 4) is 0 Å². The number of hydrogen-bond acceptors (Lipinski definition) is 18.